The highest BCUT2D eigenvalue weighted by Crippen LogP contribution is 2.31. The molecule has 3 aromatic rings. The Morgan fingerprint density at radius 3 is 2.38 bits per heavy atom. The number of rotatable bonds is 6. The van der Waals surface area contributed by atoms with Crippen molar-refractivity contribution in [1.82, 2.24) is 9.47 Å². The molecule has 0 fully saturated rings. The molecule has 0 unspecified atom stereocenters. The molecule has 2 heterocycles. The zero-order chi connectivity index (χ0) is 24.4. The number of fused-ring (bicyclic) bond motifs is 1. The molecule has 0 spiro atoms. The lowest BCUT2D eigenvalue weighted by Gasteiger charge is -2.29. The van der Waals surface area contributed by atoms with Crippen molar-refractivity contribution < 1.29 is 4.79 Å². The van der Waals surface area contributed by atoms with Crippen LogP contribution >= 0.6 is 34.7 Å². The number of aromatic nitrogens is 1. The number of benzene rings is 2. The average Bonchev–Trinajstić information content (AvgIpc) is 3.14. The topological polar surface area (TPSA) is 54.7 Å². The van der Waals surface area contributed by atoms with Crippen LogP contribution in [-0.2, 0) is 4.79 Å². The van der Waals surface area contributed by atoms with Crippen molar-refractivity contribution in [2.75, 3.05) is 19.3 Å². The summed E-state index contributed by atoms with van der Waals surface area (Å²) < 4.78 is 2.23. The molecule has 5 nitrogen and oxygen atoms in total. The highest BCUT2D eigenvalue weighted by Gasteiger charge is 2.34. The number of carbonyl (C=O) groups is 1. The number of thioether (sulfide) groups is 1. The van der Waals surface area contributed by atoms with E-state index in [0.29, 0.717) is 38.7 Å². The molecule has 0 saturated carbocycles. The molecule has 1 aliphatic heterocycles. The first-order valence-corrected chi connectivity index (χ1v) is 13.5. The van der Waals surface area contributed by atoms with Crippen LogP contribution < -0.4 is 14.9 Å². The van der Waals surface area contributed by atoms with Gasteiger partial charge in [0.25, 0.3) is 11.5 Å². The lowest BCUT2D eigenvalue weighted by atomic mass is 9.94. The molecule has 0 bridgehead atoms. The molecule has 176 valence electrons. The Labute approximate surface area is 212 Å². The van der Waals surface area contributed by atoms with E-state index in [0.717, 1.165) is 16.0 Å². The minimum Gasteiger partial charge on any atom is -0.339 e. The van der Waals surface area contributed by atoms with Gasteiger partial charge >= 0.3 is 0 Å². The second-order valence-electron chi connectivity index (χ2n) is 7.88. The third-order valence-electron chi connectivity index (χ3n) is 5.90. The van der Waals surface area contributed by atoms with Gasteiger partial charge in [-0.2, -0.15) is 0 Å². The van der Waals surface area contributed by atoms with Gasteiger partial charge in [0.2, 0.25) is 0 Å². The number of hydrogen-bond donors (Lipinski definition) is 0. The van der Waals surface area contributed by atoms with Gasteiger partial charge < -0.3 is 4.90 Å². The first-order chi connectivity index (χ1) is 16.4. The summed E-state index contributed by atoms with van der Waals surface area (Å²) in [5.74, 6) is -0.104. The Balaban J connectivity index is 1.92. The molecule has 0 radical (unpaired) electrons. The summed E-state index contributed by atoms with van der Waals surface area (Å²) in [5.41, 5.74) is 2.77. The second-order valence-corrected chi connectivity index (χ2v) is 10.2. The van der Waals surface area contributed by atoms with Crippen LogP contribution in [0.4, 0.5) is 0 Å². The molecule has 1 amide bonds. The van der Waals surface area contributed by atoms with Gasteiger partial charge in [0.15, 0.2) is 4.80 Å². The minimum atomic E-state index is -0.567. The van der Waals surface area contributed by atoms with Crippen molar-refractivity contribution in [1.29, 1.82) is 0 Å². The lowest BCUT2D eigenvalue weighted by molar-refractivity contribution is -0.127. The smallest absolute Gasteiger partial charge is 0.271 e. The SMILES string of the molecule is CCN(CC)C(=O)C1=C(C)N=c2s/c(=C/c3ccc(SC)cc3)c(=O)n2[C@H]1c1ccc(Cl)cc1. The van der Waals surface area contributed by atoms with Gasteiger partial charge in [-0.3, -0.25) is 14.2 Å². The summed E-state index contributed by atoms with van der Waals surface area (Å²) in [5, 5.41) is 0.599. The molecular weight excluding hydrogens is 486 g/mol. The summed E-state index contributed by atoms with van der Waals surface area (Å²) in [6.45, 7) is 6.90. The van der Waals surface area contributed by atoms with E-state index in [1.54, 1.807) is 33.4 Å². The molecule has 34 heavy (non-hydrogen) atoms. The third kappa shape index (κ3) is 4.65. The zero-order valence-electron chi connectivity index (χ0n) is 19.5. The zero-order valence-corrected chi connectivity index (χ0v) is 21.9. The third-order valence-corrected chi connectivity index (χ3v) is 7.88. The van der Waals surface area contributed by atoms with Crippen molar-refractivity contribution >= 4 is 46.7 Å². The minimum absolute atomic E-state index is 0.104. The van der Waals surface area contributed by atoms with Crippen LogP contribution in [0.1, 0.15) is 37.9 Å². The molecule has 1 aliphatic rings. The van der Waals surface area contributed by atoms with E-state index in [-0.39, 0.29) is 11.5 Å². The normalized spacial score (nSPS) is 15.8. The predicted octanol–water partition coefficient (Wildman–Crippen LogP) is 4.48. The van der Waals surface area contributed by atoms with Crippen LogP contribution in [0.3, 0.4) is 0 Å². The fourth-order valence-corrected chi connectivity index (χ4v) is 5.67. The Morgan fingerprint density at radius 2 is 1.79 bits per heavy atom. The maximum absolute atomic E-state index is 13.7. The van der Waals surface area contributed by atoms with Crippen LogP contribution in [0.5, 0.6) is 0 Å². The van der Waals surface area contributed by atoms with Gasteiger partial charge in [-0.15, -0.1) is 11.8 Å². The highest BCUT2D eigenvalue weighted by atomic mass is 35.5. The van der Waals surface area contributed by atoms with Crippen molar-refractivity contribution in [3.63, 3.8) is 0 Å². The number of carbonyl (C=O) groups excluding carboxylic acids is 1. The van der Waals surface area contributed by atoms with Gasteiger partial charge in [-0.25, -0.2) is 4.99 Å². The predicted molar refractivity (Wildman–Crippen MR) is 141 cm³/mol. The first-order valence-electron chi connectivity index (χ1n) is 11.1. The Hall–Kier alpha value is -2.61. The second kappa shape index (κ2) is 10.3. The largest absolute Gasteiger partial charge is 0.339 e. The Morgan fingerprint density at radius 1 is 1.15 bits per heavy atom. The first kappa shape index (κ1) is 24.5. The summed E-state index contributed by atoms with van der Waals surface area (Å²) in [4.78, 5) is 35.5. The van der Waals surface area contributed by atoms with E-state index < -0.39 is 6.04 Å². The molecule has 0 saturated heterocycles. The number of thiazole rings is 1. The maximum atomic E-state index is 13.7. The van der Waals surface area contributed by atoms with Crippen LogP contribution in [0.2, 0.25) is 5.02 Å². The summed E-state index contributed by atoms with van der Waals surface area (Å²) in [6.07, 6.45) is 3.92. The summed E-state index contributed by atoms with van der Waals surface area (Å²) in [6, 6.07) is 14.8. The van der Waals surface area contributed by atoms with Crippen molar-refractivity contribution in [3.8, 4) is 0 Å². The molecular formula is C26H26ClN3O2S2. The molecule has 8 heteroatoms. The maximum Gasteiger partial charge on any atom is 0.271 e. The van der Waals surface area contributed by atoms with Gasteiger partial charge in [0, 0.05) is 23.0 Å². The fourth-order valence-electron chi connectivity index (χ4n) is 4.09. The van der Waals surface area contributed by atoms with E-state index in [4.69, 9.17) is 16.6 Å². The molecule has 2 aromatic carbocycles. The fraction of sp³-hybridized carbons (Fsp3) is 0.269. The molecule has 0 aliphatic carbocycles. The molecule has 1 aromatic heterocycles. The van der Waals surface area contributed by atoms with E-state index in [1.165, 1.54) is 11.3 Å². The standard InChI is InChI=1S/C26H26ClN3O2S2/c1-5-29(6-2)25(32)22-16(3)28-26-30(23(22)18-9-11-19(27)12-10-18)24(31)21(34-26)15-17-7-13-20(33-4)14-8-17/h7-15,23H,5-6H2,1-4H3/b21-15+/t23-/m0/s1. The van der Waals surface area contributed by atoms with Crippen molar-refractivity contribution in [2.45, 2.75) is 31.7 Å². The number of amides is 1. The Kier molecular flexibility index (Phi) is 7.45. The summed E-state index contributed by atoms with van der Waals surface area (Å²) >= 11 is 9.16. The van der Waals surface area contributed by atoms with Crippen LogP contribution in [0.25, 0.3) is 6.08 Å². The van der Waals surface area contributed by atoms with Gasteiger partial charge in [-0.05, 0) is 68.5 Å². The van der Waals surface area contributed by atoms with Crippen molar-refractivity contribution in [2.24, 2.45) is 4.99 Å². The molecule has 1 atom stereocenters. The molecule has 4 rings (SSSR count). The van der Waals surface area contributed by atoms with Crippen LogP contribution in [-0.4, -0.2) is 34.7 Å². The van der Waals surface area contributed by atoms with Gasteiger partial charge in [-0.1, -0.05) is 47.2 Å². The quantitative estimate of drug-likeness (QED) is 0.458. The number of likely N-dealkylation sites (N-methyl/N-ethyl adjacent to an activating group) is 1. The van der Waals surface area contributed by atoms with Gasteiger partial charge in [0.1, 0.15) is 0 Å². The lowest BCUT2D eigenvalue weighted by Crippen LogP contribution is -2.43. The van der Waals surface area contributed by atoms with E-state index in [1.807, 2.05) is 69.5 Å². The number of halogens is 1. The van der Waals surface area contributed by atoms with E-state index >= 15 is 0 Å². The highest BCUT2D eigenvalue weighted by molar-refractivity contribution is 7.98. The number of allylic oxidation sites excluding steroid dienone is 1. The summed E-state index contributed by atoms with van der Waals surface area (Å²) in [7, 11) is 0. The van der Waals surface area contributed by atoms with Crippen LogP contribution in [0.15, 0.2) is 74.5 Å². The molecule has 0 N–H and O–H groups in total. The van der Waals surface area contributed by atoms with E-state index in [9.17, 15) is 9.59 Å². The number of hydrogen-bond acceptors (Lipinski definition) is 5. The number of nitrogens with zero attached hydrogens (tertiary/aromatic N) is 3. The van der Waals surface area contributed by atoms with Crippen LogP contribution in [0, 0.1) is 0 Å². The Bertz CT molecular complexity index is 1420. The van der Waals surface area contributed by atoms with E-state index in [2.05, 4.69) is 0 Å². The van der Waals surface area contributed by atoms with Gasteiger partial charge in [0.05, 0.1) is 21.8 Å². The monoisotopic (exact) mass is 511 g/mol. The average molecular weight is 512 g/mol. The van der Waals surface area contributed by atoms with Crippen molar-refractivity contribution in [3.05, 3.63) is 95.6 Å².